The molecule has 1 aromatic rings. The summed E-state index contributed by atoms with van der Waals surface area (Å²) in [5.41, 5.74) is 6.84. The second-order valence-corrected chi connectivity index (χ2v) is 5.24. The Balaban J connectivity index is 1.87. The fourth-order valence-electron chi connectivity index (χ4n) is 2.53. The minimum atomic E-state index is -0.197. The number of ether oxygens (including phenoxy) is 1. The lowest BCUT2D eigenvalue weighted by molar-refractivity contribution is 0.245. The average molecular weight is 277 g/mol. The summed E-state index contributed by atoms with van der Waals surface area (Å²) < 4.78 is 5.08. The highest BCUT2D eigenvalue weighted by Crippen LogP contribution is 2.18. The van der Waals surface area contributed by atoms with Gasteiger partial charge in [-0.3, -0.25) is 0 Å². The Morgan fingerprint density at radius 1 is 1.20 bits per heavy atom. The quantitative estimate of drug-likeness (QED) is 0.743. The maximum atomic E-state index is 12.0. The van der Waals surface area contributed by atoms with E-state index in [9.17, 15) is 4.79 Å². The molecule has 0 spiro atoms. The molecule has 0 aromatic heterocycles. The van der Waals surface area contributed by atoms with Crippen LogP contribution < -0.4 is 21.1 Å². The Labute approximate surface area is 119 Å². The molecule has 2 unspecified atom stereocenters. The molecule has 1 aliphatic rings. The first-order valence-corrected chi connectivity index (χ1v) is 7.16. The topological polar surface area (TPSA) is 76.4 Å². The van der Waals surface area contributed by atoms with Crippen LogP contribution in [0.15, 0.2) is 24.3 Å². The van der Waals surface area contributed by atoms with Crippen molar-refractivity contribution in [1.29, 1.82) is 0 Å². The molecular weight excluding hydrogens is 254 g/mol. The van der Waals surface area contributed by atoms with Crippen molar-refractivity contribution >= 4 is 11.7 Å². The molecule has 110 valence electrons. The number of carbonyl (C=O) groups is 1. The first-order chi connectivity index (χ1) is 9.69. The maximum Gasteiger partial charge on any atom is 0.319 e. The lowest BCUT2D eigenvalue weighted by atomic mass is 10.0. The van der Waals surface area contributed by atoms with Crippen LogP contribution in [0.3, 0.4) is 0 Å². The van der Waals surface area contributed by atoms with Crippen LogP contribution in [0.4, 0.5) is 10.5 Å². The number of benzene rings is 1. The van der Waals surface area contributed by atoms with E-state index < -0.39 is 0 Å². The van der Waals surface area contributed by atoms with E-state index in [2.05, 4.69) is 10.6 Å². The first-order valence-electron chi connectivity index (χ1n) is 7.16. The van der Waals surface area contributed by atoms with Gasteiger partial charge in [0, 0.05) is 17.8 Å². The normalized spacial score (nSPS) is 22.7. The van der Waals surface area contributed by atoms with Crippen LogP contribution in [0.25, 0.3) is 0 Å². The van der Waals surface area contributed by atoms with E-state index in [4.69, 9.17) is 10.5 Å². The summed E-state index contributed by atoms with van der Waals surface area (Å²) in [6.07, 6.45) is 5.41. The predicted octanol–water partition coefficient (Wildman–Crippen LogP) is 2.48. The van der Waals surface area contributed by atoms with E-state index in [0.717, 1.165) is 37.1 Å². The number of urea groups is 1. The van der Waals surface area contributed by atoms with Gasteiger partial charge in [0.25, 0.3) is 0 Å². The Hall–Kier alpha value is -1.75. The van der Waals surface area contributed by atoms with E-state index in [1.807, 2.05) is 24.3 Å². The number of nitrogens with one attached hydrogen (secondary N) is 2. The van der Waals surface area contributed by atoms with Gasteiger partial charge in [0.1, 0.15) is 5.75 Å². The molecule has 2 amide bonds. The third-order valence-electron chi connectivity index (χ3n) is 3.73. The Morgan fingerprint density at radius 2 is 1.90 bits per heavy atom. The second kappa shape index (κ2) is 7.14. The van der Waals surface area contributed by atoms with Crippen LogP contribution in [0.1, 0.15) is 32.1 Å². The molecule has 1 aromatic carbocycles. The molecule has 5 heteroatoms. The van der Waals surface area contributed by atoms with E-state index in [-0.39, 0.29) is 18.1 Å². The van der Waals surface area contributed by atoms with Gasteiger partial charge in [-0.25, -0.2) is 4.79 Å². The van der Waals surface area contributed by atoms with Crippen LogP contribution in [0.5, 0.6) is 5.75 Å². The van der Waals surface area contributed by atoms with Gasteiger partial charge in [0.2, 0.25) is 0 Å². The number of amides is 2. The highest BCUT2D eigenvalue weighted by Gasteiger charge is 2.21. The highest BCUT2D eigenvalue weighted by atomic mass is 16.5. The fraction of sp³-hybridized carbons (Fsp3) is 0.533. The highest BCUT2D eigenvalue weighted by molar-refractivity contribution is 5.89. The van der Waals surface area contributed by atoms with Gasteiger partial charge in [-0.1, -0.05) is 19.3 Å². The van der Waals surface area contributed by atoms with Crippen molar-refractivity contribution in [3.05, 3.63) is 24.3 Å². The molecule has 1 aliphatic carbocycles. The van der Waals surface area contributed by atoms with E-state index in [1.54, 1.807) is 7.11 Å². The van der Waals surface area contributed by atoms with Crippen LogP contribution in [-0.2, 0) is 0 Å². The zero-order valence-electron chi connectivity index (χ0n) is 11.9. The molecule has 1 saturated carbocycles. The molecule has 0 saturated heterocycles. The molecule has 1 fully saturated rings. The summed E-state index contributed by atoms with van der Waals surface area (Å²) in [5.74, 6) is 0.766. The van der Waals surface area contributed by atoms with Crippen molar-refractivity contribution in [2.24, 2.45) is 5.73 Å². The lowest BCUT2D eigenvalue weighted by Gasteiger charge is -2.22. The number of nitrogens with two attached hydrogens (primary N) is 1. The lowest BCUT2D eigenvalue weighted by Crippen LogP contribution is -2.48. The third-order valence-corrected chi connectivity index (χ3v) is 3.73. The van der Waals surface area contributed by atoms with Crippen molar-refractivity contribution < 1.29 is 9.53 Å². The van der Waals surface area contributed by atoms with Crippen LogP contribution in [0.2, 0.25) is 0 Å². The van der Waals surface area contributed by atoms with Gasteiger partial charge >= 0.3 is 6.03 Å². The third kappa shape index (κ3) is 4.13. The summed E-state index contributed by atoms with van der Waals surface area (Å²) in [6, 6.07) is 7.17. The fourth-order valence-corrected chi connectivity index (χ4v) is 2.53. The van der Waals surface area contributed by atoms with E-state index in [1.165, 1.54) is 6.42 Å². The number of methoxy groups -OCH3 is 1. The van der Waals surface area contributed by atoms with Gasteiger partial charge in [0.05, 0.1) is 7.11 Å². The molecule has 0 bridgehead atoms. The molecule has 5 nitrogen and oxygen atoms in total. The summed E-state index contributed by atoms with van der Waals surface area (Å²) in [6.45, 7) is 0. The zero-order valence-corrected chi connectivity index (χ0v) is 11.9. The van der Waals surface area contributed by atoms with Gasteiger partial charge in [-0.2, -0.15) is 0 Å². The summed E-state index contributed by atoms with van der Waals surface area (Å²) in [7, 11) is 1.61. The van der Waals surface area contributed by atoms with Gasteiger partial charge < -0.3 is 21.1 Å². The molecule has 2 rings (SSSR count). The maximum absolute atomic E-state index is 12.0. The minimum absolute atomic E-state index is 0.0547. The largest absolute Gasteiger partial charge is 0.497 e. The molecule has 2 atom stereocenters. The van der Waals surface area contributed by atoms with Crippen molar-refractivity contribution in [3.63, 3.8) is 0 Å². The van der Waals surface area contributed by atoms with Gasteiger partial charge in [-0.15, -0.1) is 0 Å². The monoisotopic (exact) mass is 277 g/mol. The number of rotatable bonds is 3. The summed E-state index contributed by atoms with van der Waals surface area (Å²) in [5, 5.41) is 5.80. The SMILES string of the molecule is COc1ccc(NC(=O)NC2CCCCCC2N)cc1. The second-order valence-electron chi connectivity index (χ2n) is 5.24. The Morgan fingerprint density at radius 3 is 2.60 bits per heavy atom. The van der Waals surface area contributed by atoms with E-state index in [0.29, 0.717) is 0 Å². The number of anilines is 1. The summed E-state index contributed by atoms with van der Waals surface area (Å²) >= 11 is 0. The molecule has 0 heterocycles. The molecule has 20 heavy (non-hydrogen) atoms. The smallest absolute Gasteiger partial charge is 0.319 e. The van der Waals surface area contributed by atoms with E-state index >= 15 is 0 Å². The number of hydrogen-bond acceptors (Lipinski definition) is 3. The van der Waals surface area contributed by atoms with Crippen LogP contribution in [-0.4, -0.2) is 25.2 Å². The zero-order chi connectivity index (χ0) is 14.4. The molecular formula is C15H23N3O2. The Bertz CT molecular complexity index is 433. The van der Waals surface area contributed by atoms with Gasteiger partial charge in [0.15, 0.2) is 0 Å². The van der Waals surface area contributed by atoms with Crippen molar-refractivity contribution in [1.82, 2.24) is 5.32 Å². The number of hydrogen-bond donors (Lipinski definition) is 3. The van der Waals surface area contributed by atoms with Gasteiger partial charge in [-0.05, 0) is 37.1 Å². The minimum Gasteiger partial charge on any atom is -0.497 e. The van der Waals surface area contributed by atoms with Crippen molar-refractivity contribution in [2.75, 3.05) is 12.4 Å². The number of carbonyl (C=O) groups excluding carboxylic acids is 1. The Kier molecular flexibility index (Phi) is 5.24. The van der Waals surface area contributed by atoms with Crippen LogP contribution in [0, 0.1) is 0 Å². The molecule has 0 aliphatic heterocycles. The first kappa shape index (κ1) is 14.7. The van der Waals surface area contributed by atoms with Crippen LogP contribution >= 0.6 is 0 Å². The summed E-state index contributed by atoms with van der Waals surface area (Å²) in [4.78, 5) is 12.0. The van der Waals surface area contributed by atoms with Crippen molar-refractivity contribution in [3.8, 4) is 5.75 Å². The average Bonchev–Trinajstić information content (AvgIpc) is 2.65. The predicted molar refractivity (Wildman–Crippen MR) is 80.0 cm³/mol. The standard InChI is InChI=1S/C15H23N3O2/c1-20-12-9-7-11(8-10-12)17-15(19)18-14-6-4-2-3-5-13(14)16/h7-10,13-14H,2-6,16H2,1H3,(H2,17,18,19). The van der Waals surface area contributed by atoms with Crippen molar-refractivity contribution in [2.45, 2.75) is 44.2 Å². The molecule has 4 N–H and O–H groups in total. The molecule has 0 radical (unpaired) electrons.